The molecule has 0 aliphatic carbocycles. The van der Waals surface area contributed by atoms with Gasteiger partial charge in [0.2, 0.25) is 10.5 Å². The van der Waals surface area contributed by atoms with Crippen molar-refractivity contribution in [3.8, 4) is 17.2 Å². The van der Waals surface area contributed by atoms with Crippen molar-refractivity contribution >= 4 is 18.4 Å². The number of nitrogens with zero attached hydrogens (tertiary/aromatic N) is 3. The third-order valence-electron chi connectivity index (χ3n) is 2.86. The lowest BCUT2D eigenvalue weighted by Crippen LogP contribution is -1.98. The van der Waals surface area contributed by atoms with Gasteiger partial charge in [0.05, 0.1) is 20.4 Å². The van der Waals surface area contributed by atoms with E-state index in [0.29, 0.717) is 28.3 Å². The summed E-state index contributed by atoms with van der Waals surface area (Å²) in [7, 11) is 2.94. The standard InChI is InChI=1S/C13H16N4O3S/c1-4-11-15-16-13(21)17(11)14-7-8-5-9(19-2)12(18)10(6-8)20-3/h5-7,18H,4H2,1-3H3,(H,16,21)/b14-7-. The van der Waals surface area contributed by atoms with E-state index in [1.165, 1.54) is 14.2 Å². The maximum absolute atomic E-state index is 9.86. The lowest BCUT2D eigenvalue weighted by molar-refractivity contribution is 0.340. The molecule has 0 aliphatic rings. The third-order valence-corrected chi connectivity index (χ3v) is 3.12. The van der Waals surface area contributed by atoms with E-state index in [0.717, 1.165) is 5.82 Å². The molecule has 1 heterocycles. The van der Waals surface area contributed by atoms with Crippen molar-refractivity contribution in [1.82, 2.24) is 14.9 Å². The average Bonchev–Trinajstić information content (AvgIpc) is 2.86. The van der Waals surface area contributed by atoms with Gasteiger partial charge in [-0.2, -0.15) is 14.9 Å². The van der Waals surface area contributed by atoms with E-state index in [9.17, 15) is 5.11 Å². The summed E-state index contributed by atoms with van der Waals surface area (Å²) in [5, 5.41) is 20.9. The summed E-state index contributed by atoms with van der Waals surface area (Å²) in [6.45, 7) is 1.96. The van der Waals surface area contributed by atoms with E-state index < -0.39 is 0 Å². The maximum Gasteiger partial charge on any atom is 0.216 e. The van der Waals surface area contributed by atoms with Crippen LogP contribution < -0.4 is 9.47 Å². The van der Waals surface area contributed by atoms with Crippen LogP contribution in [-0.4, -0.2) is 40.4 Å². The van der Waals surface area contributed by atoms with Crippen LogP contribution in [0.25, 0.3) is 0 Å². The number of hydrogen-bond acceptors (Lipinski definition) is 6. The Balaban J connectivity index is 2.41. The Hall–Kier alpha value is -2.35. The van der Waals surface area contributed by atoms with Crippen LogP contribution in [0, 0.1) is 4.77 Å². The minimum absolute atomic E-state index is 0.0497. The van der Waals surface area contributed by atoms with Crippen LogP contribution in [0.15, 0.2) is 17.2 Å². The minimum Gasteiger partial charge on any atom is -0.502 e. The zero-order chi connectivity index (χ0) is 15.4. The van der Waals surface area contributed by atoms with Crippen LogP contribution in [-0.2, 0) is 6.42 Å². The molecule has 0 bridgehead atoms. The highest BCUT2D eigenvalue weighted by Gasteiger charge is 2.10. The van der Waals surface area contributed by atoms with Crippen molar-refractivity contribution in [1.29, 1.82) is 0 Å². The fraction of sp³-hybridized carbons (Fsp3) is 0.308. The van der Waals surface area contributed by atoms with Gasteiger partial charge in [0, 0.05) is 12.0 Å². The Morgan fingerprint density at radius 2 is 2.00 bits per heavy atom. The summed E-state index contributed by atoms with van der Waals surface area (Å²) in [5.74, 6) is 1.30. The highest BCUT2D eigenvalue weighted by Crippen LogP contribution is 2.36. The van der Waals surface area contributed by atoms with Crippen molar-refractivity contribution in [3.63, 3.8) is 0 Å². The molecule has 0 spiro atoms. The molecule has 2 rings (SSSR count). The van der Waals surface area contributed by atoms with E-state index in [1.54, 1.807) is 23.0 Å². The Labute approximate surface area is 126 Å². The molecule has 0 amide bonds. The van der Waals surface area contributed by atoms with Crippen molar-refractivity contribution in [3.05, 3.63) is 28.3 Å². The zero-order valence-electron chi connectivity index (χ0n) is 12.0. The fourth-order valence-corrected chi connectivity index (χ4v) is 1.98. The summed E-state index contributed by atoms with van der Waals surface area (Å²) in [4.78, 5) is 0. The Morgan fingerprint density at radius 1 is 1.38 bits per heavy atom. The second-order valence-electron chi connectivity index (χ2n) is 4.13. The molecule has 21 heavy (non-hydrogen) atoms. The van der Waals surface area contributed by atoms with Gasteiger partial charge in [-0.05, 0) is 24.4 Å². The summed E-state index contributed by atoms with van der Waals surface area (Å²) in [6, 6.07) is 3.30. The maximum atomic E-state index is 9.86. The molecule has 0 saturated heterocycles. The smallest absolute Gasteiger partial charge is 0.216 e. The molecule has 8 heteroatoms. The molecule has 0 radical (unpaired) electrons. The van der Waals surface area contributed by atoms with Gasteiger partial charge in [0.15, 0.2) is 17.3 Å². The van der Waals surface area contributed by atoms with E-state index in [1.807, 2.05) is 6.92 Å². The highest BCUT2D eigenvalue weighted by atomic mass is 32.1. The molecule has 2 N–H and O–H groups in total. The number of ether oxygens (including phenoxy) is 2. The van der Waals surface area contributed by atoms with E-state index >= 15 is 0 Å². The molecular formula is C13H16N4O3S. The number of H-pyrrole nitrogens is 1. The number of aromatic hydroxyl groups is 1. The second kappa shape index (κ2) is 6.40. The highest BCUT2D eigenvalue weighted by molar-refractivity contribution is 7.71. The van der Waals surface area contributed by atoms with Crippen molar-refractivity contribution in [2.24, 2.45) is 5.10 Å². The molecule has 0 aliphatic heterocycles. The predicted octanol–water partition coefficient (Wildman–Crippen LogP) is 2.11. The number of phenols is 1. The van der Waals surface area contributed by atoms with E-state index in [-0.39, 0.29) is 5.75 Å². The SMILES string of the molecule is CCc1n[nH]c(=S)n1/N=C\c1cc(OC)c(O)c(OC)c1. The van der Waals surface area contributed by atoms with Crippen molar-refractivity contribution < 1.29 is 14.6 Å². The number of aryl methyl sites for hydroxylation is 1. The molecule has 112 valence electrons. The number of aromatic nitrogens is 3. The largest absolute Gasteiger partial charge is 0.502 e. The van der Waals surface area contributed by atoms with Crippen molar-refractivity contribution in [2.45, 2.75) is 13.3 Å². The second-order valence-corrected chi connectivity index (χ2v) is 4.52. The van der Waals surface area contributed by atoms with Crippen LogP contribution in [0.1, 0.15) is 18.3 Å². The molecular weight excluding hydrogens is 292 g/mol. The number of nitrogens with one attached hydrogen (secondary N) is 1. The number of phenolic OH excluding ortho intramolecular Hbond substituents is 1. The molecule has 7 nitrogen and oxygen atoms in total. The van der Waals surface area contributed by atoms with Gasteiger partial charge in [-0.15, -0.1) is 0 Å². The summed E-state index contributed by atoms with van der Waals surface area (Å²) in [5.41, 5.74) is 0.701. The first kappa shape index (κ1) is 15.0. The van der Waals surface area contributed by atoms with Crippen LogP contribution in [0.5, 0.6) is 17.2 Å². The van der Waals surface area contributed by atoms with Gasteiger partial charge in [0.1, 0.15) is 0 Å². The topological polar surface area (TPSA) is 84.7 Å². The fourth-order valence-electron chi connectivity index (χ4n) is 1.78. The molecule has 0 atom stereocenters. The molecule has 1 aromatic carbocycles. The normalized spacial score (nSPS) is 11.0. The van der Waals surface area contributed by atoms with Crippen molar-refractivity contribution in [2.75, 3.05) is 14.2 Å². The van der Waals surface area contributed by atoms with Gasteiger partial charge in [0.25, 0.3) is 0 Å². The Bertz CT molecular complexity index is 695. The summed E-state index contributed by atoms with van der Waals surface area (Å²) >= 11 is 5.11. The third kappa shape index (κ3) is 3.05. The zero-order valence-corrected chi connectivity index (χ0v) is 12.8. The first-order valence-corrected chi connectivity index (χ1v) is 6.67. The minimum atomic E-state index is -0.0497. The lowest BCUT2D eigenvalue weighted by atomic mass is 10.2. The average molecular weight is 308 g/mol. The molecule has 0 unspecified atom stereocenters. The van der Waals surface area contributed by atoms with Gasteiger partial charge >= 0.3 is 0 Å². The molecule has 0 fully saturated rings. The van der Waals surface area contributed by atoms with Crippen LogP contribution in [0.3, 0.4) is 0 Å². The number of rotatable bonds is 5. The number of benzene rings is 1. The van der Waals surface area contributed by atoms with Crippen LogP contribution in [0.4, 0.5) is 0 Å². The number of methoxy groups -OCH3 is 2. The molecule has 0 saturated carbocycles. The lowest BCUT2D eigenvalue weighted by Gasteiger charge is -2.09. The van der Waals surface area contributed by atoms with Crippen LogP contribution in [0.2, 0.25) is 0 Å². The quantitative estimate of drug-likeness (QED) is 0.653. The van der Waals surface area contributed by atoms with E-state index in [4.69, 9.17) is 21.7 Å². The van der Waals surface area contributed by atoms with Gasteiger partial charge < -0.3 is 14.6 Å². The predicted molar refractivity (Wildman–Crippen MR) is 81.0 cm³/mol. The monoisotopic (exact) mass is 308 g/mol. The first-order chi connectivity index (χ1) is 10.1. The Kier molecular flexibility index (Phi) is 4.59. The first-order valence-electron chi connectivity index (χ1n) is 6.26. The summed E-state index contributed by atoms with van der Waals surface area (Å²) < 4.78 is 12.2. The van der Waals surface area contributed by atoms with Gasteiger partial charge in [-0.1, -0.05) is 6.92 Å². The summed E-state index contributed by atoms with van der Waals surface area (Å²) in [6.07, 6.45) is 2.29. The number of hydrogen-bond donors (Lipinski definition) is 2. The number of aromatic amines is 1. The van der Waals surface area contributed by atoms with Gasteiger partial charge in [-0.25, -0.2) is 0 Å². The molecule has 2 aromatic rings. The van der Waals surface area contributed by atoms with Gasteiger partial charge in [-0.3, -0.25) is 5.10 Å². The van der Waals surface area contributed by atoms with Crippen LogP contribution >= 0.6 is 12.2 Å². The van der Waals surface area contributed by atoms with E-state index in [2.05, 4.69) is 15.3 Å². The molecule has 1 aromatic heterocycles. The Morgan fingerprint density at radius 3 is 2.52 bits per heavy atom.